The molecule has 1 amide bonds. The van der Waals surface area contributed by atoms with Crippen LogP contribution in [0, 0.1) is 5.92 Å². The maximum absolute atomic E-state index is 11.5. The normalized spacial score (nSPS) is 14.9. The molecular weight excluding hydrogens is 459 g/mol. The van der Waals surface area contributed by atoms with E-state index < -0.39 is 0 Å². The molecule has 1 aromatic carbocycles. The Morgan fingerprint density at radius 2 is 1.85 bits per heavy atom. The molecule has 1 aliphatic rings. The van der Waals surface area contributed by atoms with Gasteiger partial charge in [-0.25, -0.2) is 4.79 Å². The molecule has 0 spiro atoms. The summed E-state index contributed by atoms with van der Waals surface area (Å²) in [4.78, 5) is 29.6. The van der Waals surface area contributed by atoms with Gasteiger partial charge in [0.1, 0.15) is 0 Å². The summed E-state index contributed by atoms with van der Waals surface area (Å²) in [5.74, 6) is 1.08. The monoisotopic (exact) mass is 488 g/mol. The van der Waals surface area contributed by atoms with E-state index in [1.807, 2.05) is 12.1 Å². The van der Waals surface area contributed by atoms with Gasteiger partial charge < -0.3 is 20.3 Å². The molecular formula is C19H29IN4O3. The molecule has 1 heterocycles. The van der Waals surface area contributed by atoms with Crippen LogP contribution in [-0.2, 0) is 16.1 Å². The fraction of sp³-hybridized carbons (Fsp3) is 0.526. The minimum absolute atomic E-state index is 0. The minimum atomic E-state index is -0.333. The first kappa shape index (κ1) is 23.2. The van der Waals surface area contributed by atoms with Gasteiger partial charge in [0.25, 0.3) is 0 Å². The van der Waals surface area contributed by atoms with E-state index in [0.717, 1.165) is 37.5 Å². The van der Waals surface area contributed by atoms with Gasteiger partial charge in [-0.2, -0.15) is 0 Å². The summed E-state index contributed by atoms with van der Waals surface area (Å²) in [6.45, 7) is 2.41. The number of nitrogens with zero attached hydrogens (tertiary/aromatic N) is 2. The Morgan fingerprint density at radius 1 is 1.22 bits per heavy atom. The van der Waals surface area contributed by atoms with Crippen LogP contribution in [0.1, 0.15) is 35.2 Å². The van der Waals surface area contributed by atoms with Crippen LogP contribution in [0.2, 0.25) is 0 Å². The molecule has 7 nitrogen and oxygen atoms in total. The highest BCUT2D eigenvalue weighted by Crippen LogP contribution is 2.20. The topological polar surface area (TPSA) is 83.0 Å². The van der Waals surface area contributed by atoms with Crippen molar-refractivity contribution in [3.63, 3.8) is 0 Å². The molecule has 0 aromatic heterocycles. The molecule has 0 aliphatic carbocycles. The molecule has 1 aliphatic heterocycles. The number of nitrogens with one attached hydrogen (secondary N) is 2. The summed E-state index contributed by atoms with van der Waals surface area (Å²) in [5.41, 5.74) is 1.60. The number of benzene rings is 1. The average molecular weight is 488 g/mol. The molecule has 8 heteroatoms. The third-order valence-corrected chi connectivity index (χ3v) is 4.70. The quantitative estimate of drug-likeness (QED) is 0.287. The molecule has 1 saturated heterocycles. The van der Waals surface area contributed by atoms with E-state index in [4.69, 9.17) is 4.74 Å². The predicted octanol–water partition coefficient (Wildman–Crippen LogP) is 2.01. The van der Waals surface area contributed by atoms with Crippen molar-refractivity contribution in [3.8, 4) is 0 Å². The Kier molecular flexibility index (Phi) is 10.1. The van der Waals surface area contributed by atoms with Crippen LogP contribution in [0.25, 0.3) is 0 Å². The number of halogens is 1. The standard InChI is InChI=1S/C19H28N4O3.HI/c1-20-17(24)12-14-8-10-23(11-9-14)19(21-2)22-13-15-4-6-16(7-5-15)18(25)26-3;/h4-7,14H,8-13H2,1-3H3,(H,20,24)(H,21,22);1H. The number of piperidine rings is 1. The van der Waals surface area contributed by atoms with E-state index in [2.05, 4.69) is 20.5 Å². The minimum Gasteiger partial charge on any atom is -0.465 e. The van der Waals surface area contributed by atoms with E-state index in [-0.39, 0.29) is 35.9 Å². The second-order valence-corrected chi connectivity index (χ2v) is 6.40. The van der Waals surface area contributed by atoms with Crippen LogP contribution in [-0.4, -0.2) is 57.0 Å². The zero-order valence-corrected chi connectivity index (χ0v) is 18.5. The van der Waals surface area contributed by atoms with E-state index in [1.54, 1.807) is 26.2 Å². The first-order chi connectivity index (χ1) is 12.6. The molecule has 27 heavy (non-hydrogen) atoms. The fourth-order valence-electron chi connectivity index (χ4n) is 3.10. The van der Waals surface area contributed by atoms with Crippen molar-refractivity contribution in [2.24, 2.45) is 10.9 Å². The van der Waals surface area contributed by atoms with Crippen LogP contribution in [0.3, 0.4) is 0 Å². The van der Waals surface area contributed by atoms with Gasteiger partial charge in [-0.05, 0) is 36.5 Å². The number of guanidine groups is 1. The predicted molar refractivity (Wildman–Crippen MR) is 116 cm³/mol. The third-order valence-electron chi connectivity index (χ3n) is 4.70. The molecule has 1 fully saturated rings. The molecule has 0 radical (unpaired) electrons. The number of likely N-dealkylation sites (tertiary alicyclic amines) is 1. The van der Waals surface area contributed by atoms with Crippen LogP contribution in [0.5, 0.6) is 0 Å². The maximum atomic E-state index is 11.5. The summed E-state index contributed by atoms with van der Waals surface area (Å²) in [6, 6.07) is 7.33. The number of hydrogen-bond donors (Lipinski definition) is 2. The van der Waals surface area contributed by atoms with Crippen LogP contribution in [0.15, 0.2) is 29.3 Å². The molecule has 2 rings (SSSR count). The van der Waals surface area contributed by atoms with Gasteiger partial charge in [0.2, 0.25) is 5.91 Å². The highest BCUT2D eigenvalue weighted by atomic mass is 127. The van der Waals surface area contributed by atoms with Gasteiger partial charge in [-0.15, -0.1) is 24.0 Å². The smallest absolute Gasteiger partial charge is 0.337 e. The Bertz CT molecular complexity index is 641. The lowest BCUT2D eigenvalue weighted by Gasteiger charge is -2.34. The van der Waals surface area contributed by atoms with Crippen molar-refractivity contribution in [1.82, 2.24) is 15.5 Å². The Labute approximate surface area is 178 Å². The van der Waals surface area contributed by atoms with Crippen molar-refractivity contribution >= 4 is 41.8 Å². The van der Waals surface area contributed by atoms with Gasteiger partial charge in [0.15, 0.2) is 5.96 Å². The Hall–Kier alpha value is -1.84. The zero-order chi connectivity index (χ0) is 18.9. The second-order valence-electron chi connectivity index (χ2n) is 6.40. The first-order valence-corrected chi connectivity index (χ1v) is 8.90. The number of hydrogen-bond acceptors (Lipinski definition) is 4. The zero-order valence-electron chi connectivity index (χ0n) is 16.2. The summed E-state index contributed by atoms with van der Waals surface area (Å²) < 4.78 is 4.71. The number of carbonyl (C=O) groups is 2. The molecule has 0 atom stereocenters. The molecule has 0 bridgehead atoms. The SMILES string of the molecule is CN=C(NCc1ccc(C(=O)OC)cc1)N1CCC(CC(=O)NC)CC1.I. The number of esters is 1. The van der Waals surface area contributed by atoms with Gasteiger partial charge >= 0.3 is 5.97 Å². The van der Waals surface area contributed by atoms with E-state index >= 15 is 0 Å². The number of methoxy groups -OCH3 is 1. The number of ether oxygens (including phenoxy) is 1. The van der Waals surface area contributed by atoms with Gasteiger partial charge in [-0.1, -0.05) is 12.1 Å². The molecule has 2 N–H and O–H groups in total. The lowest BCUT2D eigenvalue weighted by molar-refractivity contribution is -0.121. The van der Waals surface area contributed by atoms with Crippen molar-refractivity contribution in [3.05, 3.63) is 35.4 Å². The van der Waals surface area contributed by atoms with Crippen LogP contribution >= 0.6 is 24.0 Å². The highest BCUT2D eigenvalue weighted by molar-refractivity contribution is 14.0. The number of aliphatic imine (C=N–C) groups is 1. The lowest BCUT2D eigenvalue weighted by atomic mass is 9.93. The van der Waals surface area contributed by atoms with Gasteiger partial charge in [0, 0.05) is 40.2 Å². The van der Waals surface area contributed by atoms with Crippen molar-refractivity contribution in [2.45, 2.75) is 25.8 Å². The molecule has 0 unspecified atom stereocenters. The van der Waals surface area contributed by atoms with E-state index in [0.29, 0.717) is 24.4 Å². The Balaban J connectivity index is 0.00000364. The maximum Gasteiger partial charge on any atom is 0.337 e. The van der Waals surface area contributed by atoms with E-state index in [9.17, 15) is 9.59 Å². The fourth-order valence-corrected chi connectivity index (χ4v) is 3.10. The number of rotatable bonds is 5. The second kappa shape index (κ2) is 11.8. The summed E-state index contributed by atoms with van der Waals surface area (Å²) in [7, 11) is 4.83. The highest BCUT2D eigenvalue weighted by Gasteiger charge is 2.23. The summed E-state index contributed by atoms with van der Waals surface area (Å²) >= 11 is 0. The van der Waals surface area contributed by atoms with Crippen LogP contribution < -0.4 is 10.6 Å². The Morgan fingerprint density at radius 3 is 2.37 bits per heavy atom. The van der Waals surface area contributed by atoms with Crippen molar-refractivity contribution < 1.29 is 14.3 Å². The molecule has 150 valence electrons. The average Bonchev–Trinajstić information content (AvgIpc) is 2.69. The van der Waals surface area contributed by atoms with E-state index in [1.165, 1.54) is 7.11 Å². The summed E-state index contributed by atoms with van der Waals surface area (Å²) in [6.07, 6.45) is 2.58. The number of amides is 1. The van der Waals surface area contributed by atoms with Crippen molar-refractivity contribution in [2.75, 3.05) is 34.3 Å². The van der Waals surface area contributed by atoms with Gasteiger partial charge in [-0.3, -0.25) is 9.79 Å². The third kappa shape index (κ3) is 7.00. The van der Waals surface area contributed by atoms with Gasteiger partial charge in [0.05, 0.1) is 12.7 Å². The van der Waals surface area contributed by atoms with Crippen LogP contribution in [0.4, 0.5) is 0 Å². The lowest BCUT2D eigenvalue weighted by Crippen LogP contribution is -2.45. The molecule has 0 saturated carbocycles. The first-order valence-electron chi connectivity index (χ1n) is 8.90. The molecule has 1 aromatic rings. The van der Waals surface area contributed by atoms with Crippen molar-refractivity contribution in [1.29, 1.82) is 0 Å². The number of carbonyl (C=O) groups excluding carboxylic acids is 2. The largest absolute Gasteiger partial charge is 0.465 e. The summed E-state index contributed by atoms with van der Waals surface area (Å²) in [5, 5.41) is 6.06.